The van der Waals surface area contributed by atoms with Crippen LogP contribution in [0, 0.1) is 6.92 Å². The maximum Gasteiger partial charge on any atom is 0.0957 e. The standard InChI is InChI=1S/C16H20ClNOS/c1-10-5-6-11(7-12(10)17)13(19)8-15-18-14(9-20-15)16(2,3)4/h5-7,9,13,19H,8H2,1-4H3. The second-order valence-electron chi connectivity index (χ2n) is 6.11. The van der Waals surface area contributed by atoms with Gasteiger partial charge in [0.1, 0.15) is 0 Å². The molecule has 0 amide bonds. The summed E-state index contributed by atoms with van der Waals surface area (Å²) in [6, 6.07) is 5.69. The first-order chi connectivity index (χ1) is 9.27. The molecule has 2 nitrogen and oxygen atoms in total. The van der Waals surface area contributed by atoms with Crippen LogP contribution in [-0.2, 0) is 11.8 Å². The number of aromatic nitrogens is 1. The van der Waals surface area contributed by atoms with Gasteiger partial charge in [-0.05, 0) is 24.1 Å². The first kappa shape index (κ1) is 15.5. The van der Waals surface area contributed by atoms with Gasteiger partial charge in [-0.3, -0.25) is 0 Å². The molecule has 0 aliphatic heterocycles. The van der Waals surface area contributed by atoms with E-state index < -0.39 is 6.10 Å². The zero-order chi connectivity index (χ0) is 14.9. The molecule has 4 heteroatoms. The van der Waals surface area contributed by atoms with Gasteiger partial charge in [-0.1, -0.05) is 44.5 Å². The van der Waals surface area contributed by atoms with Crippen LogP contribution in [0.1, 0.15) is 48.7 Å². The SMILES string of the molecule is Cc1ccc(C(O)Cc2nc(C(C)(C)C)cs2)cc1Cl. The number of rotatable bonds is 3. The van der Waals surface area contributed by atoms with E-state index in [-0.39, 0.29) is 5.41 Å². The number of hydrogen-bond acceptors (Lipinski definition) is 3. The fourth-order valence-corrected chi connectivity index (χ4v) is 3.10. The van der Waals surface area contributed by atoms with E-state index in [4.69, 9.17) is 11.6 Å². The molecule has 1 aromatic carbocycles. The molecule has 1 unspecified atom stereocenters. The minimum absolute atomic E-state index is 0.0485. The third-order valence-electron chi connectivity index (χ3n) is 3.27. The van der Waals surface area contributed by atoms with Crippen LogP contribution in [0.15, 0.2) is 23.6 Å². The summed E-state index contributed by atoms with van der Waals surface area (Å²) in [6.45, 7) is 8.38. The molecular formula is C16H20ClNOS. The van der Waals surface area contributed by atoms with Gasteiger partial charge < -0.3 is 5.11 Å². The monoisotopic (exact) mass is 309 g/mol. The van der Waals surface area contributed by atoms with Crippen LogP contribution >= 0.6 is 22.9 Å². The molecule has 0 spiro atoms. The largest absolute Gasteiger partial charge is 0.388 e. The van der Waals surface area contributed by atoms with Crippen molar-refractivity contribution in [2.24, 2.45) is 0 Å². The van der Waals surface area contributed by atoms with E-state index in [1.54, 1.807) is 11.3 Å². The molecule has 1 atom stereocenters. The van der Waals surface area contributed by atoms with Gasteiger partial charge in [0.15, 0.2) is 0 Å². The van der Waals surface area contributed by atoms with Crippen molar-refractivity contribution in [1.29, 1.82) is 0 Å². The lowest BCUT2D eigenvalue weighted by Crippen LogP contribution is -2.12. The lowest BCUT2D eigenvalue weighted by molar-refractivity contribution is 0.178. The Hall–Kier alpha value is -0.900. The minimum atomic E-state index is -0.563. The van der Waals surface area contributed by atoms with Gasteiger partial charge in [0, 0.05) is 22.2 Å². The Labute approximate surface area is 129 Å². The molecule has 108 valence electrons. The van der Waals surface area contributed by atoms with Crippen molar-refractivity contribution in [3.63, 3.8) is 0 Å². The Balaban J connectivity index is 2.13. The van der Waals surface area contributed by atoms with Gasteiger partial charge in [0.25, 0.3) is 0 Å². The summed E-state index contributed by atoms with van der Waals surface area (Å²) < 4.78 is 0. The highest BCUT2D eigenvalue weighted by atomic mass is 35.5. The maximum atomic E-state index is 10.3. The molecule has 20 heavy (non-hydrogen) atoms. The van der Waals surface area contributed by atoms with E-state index in [1.165, 1.54) is 0 Å². The van der Waals surface area contributed by atoms with Gasteiger partial charge in [-0.15, -0.1) is 11.3 Å². The lowest BCUT2D eigenvalue weighted by Gasteiger charge is -2.14. The summed E-state index contributed by atoms with van der Waals surface area (Å²) in [7, 11) is 0. The average Bonchev–Trinajstić information content (AvgIpc) is 2.81. The van der Waals surface area contributed by atoms with Crippen LogP contribution in [0.3, 0.4) is 0 Å². The molecule has 1 aromatic heterocycles. The molecule has 1 heterocycles. The van der Waals surface area contributed by atoms with E-state index in [1.807, 2.05) is 25.1 Å². The fourth-order valence-electron chi connectivity index (χ4n) is 1.85. The number of aliphatic hydroxyl groups is 1. The summed E-state index contributed by atoms with van der Waals surface area (Å²) in [4.78, 5) is 4.61. The van der Waals surface area contributed by atoms with Gasteiger partial charge in [-0.2, -0.15) is 0 Å². The Morgan fingerprint density at radius 2 is 2.05 bits per heavy atom. The van der Waals surface area contributed by atoms with Crippen molar-refractivity contribution in [3.05, 3.63) is 50.4 Å². The Morgan fingerprint density at radius 3 is 2.60 bits per heavy atom. The number of hydrogen-bond donors (Lipinski definition) is 1. The van der Waals surface area contributed by atoms with Crippen LogP contribution < -0.4 is 0 Å². The molecule has 0 fully saturated rings. The normalized spacial score (nSPS) is 13.5. The molecule has 0 aliphatic carbocycles. The number of nitrogens with zero attached hydrogens (tertiary/aromatic N) is 1. The zero-order valence-corrected chi connectivity index (χ0v) is 13.8. The molecule has 0 aliphatic rings. The van der Waals surface area contributed by atoms with Crippen LogP contribution in [-0.4, -0.2) is 10.1 Å². The quantitative estimate of drug-likeness (QED) is 0.893. The van der Waals surface area contributed by atoms with Crippen LogP contribution in [0.4, 0.5) is 0 Å². The first-order valence-corrected chi connectivity index (χ1v) is 7.92. The van der Waals surface area contributed by atoms with Crippen molar-refractivity contribution in [3.8, 4) is 0 Å². The van der Waals surface area contributed by atoms with Crippen molar-refractivity contribution in [2.75, 3.05) is 0 Å². The van der Waals surface area contributed by atoms with Crippen LogP contribution in [0.5, 0.6) is 0 Å². The van der Waals surface area contributed by atoms with E-state index in [0.717, 1.165) is 21.8 Å². The van der Waals surface area contributed by atoms with E-state index >= 15 is 0 Å². The smallest absolute Gasteiger partial charge is 0.0957 e. The van der Waals surface area contributed by atoms with E-state index in [9.17, 15) is 5.11 Å². The number of halogens is 1. The highest BCUT2D eigenvalue weighted by Gasteiger charge is 2.19. The third kappa shape index (κ3) is 3.60. The lowest BCUT2D eigenvalue weighted by atomic mass is 9.93. The first-order valence-electron chi connectivity index (χ1n) is 6.66. The second kappa shape index (κ2) is 5.84. The van der Waals surface area contributed by atoms with Crippen molar-refractivity contribution >= 4 is 22.9 Å². The maximum absolute atomic E-state index is 10.3. The van der Waals surface area contributed by atoms with Gasteiger partial charge in [0.2, 0.25) is 0 Å². The molecule has 0 bridgehead atoms. The molecule has 2 rings (SSSR count). The third-order valence-corrected chi connectivity index (χ3v) is 4.55. The molecule has 0 saturated heterocycles. The zero-order valence-electron chi connectivity index (χ0n) is 12.3. The van der Waals surface area contributed by atoms with E-state index in [2.05, 4.69) is 31.1 Å². The average molecular weight is 310 g/mol. The number of aryl methyl sites for hydroxylation is 1. The Kier molecular flexibility index (Phi) is 4.52. The molecule has 2 aromatic rings. The molecule has 0 saturated carbocycles. The second-order valence-corrected chi connectivity index (χ2v) is 7.45. The van der Waals surface area contributed by atoms with Gasteiger partial charge in [0.05, 0.1) is 16.8 Å². The van der Waals surface area contributed by atoms with Crippen molar-refractivity contribution in [1.82, 2.24) is 4.98 Å². The number of aliphatic hydroxyl groups excluding tert-OH is 1. The van der Waals surface area contributed by atoms with Crippen LogP contribution in [0.25, 0.3) is 0 Å². The summed E-state index contributed by atoms with van der Waals surface area (Å²) in [5.41, 5.74) is 2.99. The van der Waals surface area contributed by atoms with Crippen molar-refractivity contribution < 1.29 is 5.11 Å². The number of benzene rings is 1. The molecule has 1 N–H and O–H groups in total. The fraction of sp³-hybridized carbons (Fsp3) is 0.438. The van der Waals surface area contributed by atoms with E-state index in [0.29, 0.717) is 11.4 Å². The van der Waals surface area contributed by atoms with Crippen LogP contribution in [0.2, 0.25) is 5.02 Å². The Morgan fingerprint density at radius 1 is 1.35 bits per heavy atom. The minimum Gasteiger partial charge on any atom is -0.388 e. The highest BCUT2D eigenvalue weighted by Crippen LogP contribution is 2.28. The van der Waals surface area contributed by atoms with Gasteiger partial charge in [-0.25, -0.2) is 4.98 Å². The predicted octanol–water partition coefficient (Wildman–Crippen LogP) is 4.68. The number of thiazole rings is 1. The highest BCUT2D eigenvalue weighted by molar-refractivity contribution is 7.09. The summed E-state index contributed by atoms with van der Waals surface area (Å²) in [5, 5.41) is 14.0. The Bertz CT molecular complexity index is 601. The predicted molar refractivity (Wildman–Crippen MR) is 85.7 cm³/mol. The topological polar surface area (TPSA) is 33.1 Å². The molecule has 0 radical (unpaired) electrons. The van der Waals surface area contributed by atoms with Crippen molar-refractivity contribution in [2.45, 2.75) is 45.6 Å². The molecular weight excluding hydrogens is 290 g/mol. The van der Waals surface area contributed by atoms with Gasteiger partial charge >= 0.3 is 0 Å². The summed E-state index contributed by atoms with van der Waals surface area (Å²) >= 11 is 7.70. The summed E-state index contributed by atoms with van der Waals surface area (Å²) in [6.07, 6.45) is -0.0350. The summed E-state index contributed by atoms with van der Waals surface area (Å²) in [5.74, 6) is 0.